The molecular formula is C15H12N2O2. The highest BCUT2D eigenvalue weighted by molar-refractivity contribution is 5.93. The smallest absolute Gasteiger partial charge is 0.333 e. The predicted molar refractivity (Wildman–Crippen MR) is 72.6 cm³/mol. The van der Waals surface area contributed by atoms with Gasteiger partial charge in [0.05, 0.1) is 5.57 Å². The molecule has 4 heteroatoms. The number of aromatic amines is 1. The van der Waals surface area contributed by atoms with Gasteiger partial charge in [-0.1, -0.05) is 0 Å². The van der Waals surface area contributed by atoms with Gasteiger partial charge in [0.15, 0.2) is 0 Å². The van der Waals surface area contributed by atoms with Crippen LogP contribution in [0.1, 0.15) is 11.1 Å². The summed E-state index contributed by atoms with van der Waals surface area (Å²) in [5.41, 5.74) is 6.16. The summed E-state index contributed by atoms with van der Waals surface area (Å²) in [4.78, 5) is 14.2. The monoisotopic (exact) mass is 252 g/mol. The summed E-state index contributed by atoms with van der Waals surface area (Å²) in [5, 5.41) is 13.5. The summed E-state index contributed by atoms with van der Waals surface area (Å²) in [6.45, 7) is 0.388. The molecule has 0 fully saturated rings. The molecule has 2 aromatic rings. The number of hydrogen-bond acceptors (Lipinski definition) is 2. The first kappa shape index (κ1) is 10.4. The third kappa shape index (κ3) is 1.43. The van der Waals surface area contributed by atoms with E-state index in [9.17, 15) is 4.79 Å². The standard InChI is InChI=1S/C15H12N2O2/c18-15(19)11-4-10-3-9-6-13-8(1-2-16-13)5-12(9)14(10)17-7-11/h1-2,4-6,16-17H,3,7H2,(H,18,19). The Kier molecular flexibility index (Phi) is 1.93. The molecule has 0 amide bonds. The van der Waals surface area contributed by atoms with Crippen LogP contribution in [0.2, 0.25) is 0 Å². The van der Waals surface area contributed by atoms with Crippen LogP contribution in [0, 0.1) is 0 Å². The van der Waals surface area contributed by atoms with Crippen LogP contribution < -0.4 is 5.32 Å². The van der Waals surface area contributed by atoms with Crippen molar-refractivity contribution >= 4 is 22.6 Å². The second-order valence-electron chi connectivity index (χ2n) is 4.98. The zero-order valence-electron chi connectivity index (χ0n) is 10.2. The maximum atomic E-state index is 11.0. The summed E-state index contributed by atoms with van der Waals surface area (Å²) in [6.07, 6.45) is 4.54. The Labute approximate surface area is 109 Å². The Bertz CT molecular complexity index is 781. The number of carbonyl (C=O) groups is 1. The molecule has 0 saturated carbocycles. The number of carboxylic acid groups (broad SMARTS) is 1. The molecule has 2 aliphatic rings. The Balaban J connectivity index is 1.87. The van der Waals surface area contributed by atoms with Gasteiger partial charge in [0.25, 0.3) is 0 Å². The molecule has 4 rings (SSSR count). The maximum Gasteiger partial charge on any atom is 0.333 e. The van der Waals surface area contributed by atoms with E-state index in [0.29, 0.717) is 12.1 Å². The van der Waals surface area contributed by atoms with Crippen LogP contribution in [0.4, 0.5) is 0 Å². The summed E-state index contributed by atoms with van der Waals surface area (Å²) in [7, 11) is 0. The summed E-state index contributed by atoms with van der Waals surface area (Å²) < 4.78 is 0. The molecule has 0 atom stereocenters. The molecular weight excluding hydrogens is 240 g/mol. The van der Waals surface area contributed by atoms with E-state index < -0.39 is 5.97 Å². The predicted octanol–water partition coefficient (Wildman–Crippen LogP) is 2.05. The van der Waals surface area contributed by atoms with E-state index in [0.717, 1.165) is 23.2 Å². The molecule has 0 bridgehead atoms. The van der Waals surface area contributed by atoms with Gasteiger partial charge >= 0.3 is 5.97 Å². The lowest BCUT2D eigenvalue weighted by Crippen LogP contribution is -2.23. The first-order chi connectivity index (χ1) is 9.22. The van der Waals surface area contributed by atoms with Gasteiger partial charge < -0.3 is 15.4 Å². The SMILES string of the molecule is O=C(O)C1=CC2=C(NC1)c1cc3cc[nH]c3cc1C2. The number of dihydropyridines is 1. The molecule has 1 aliphatic carbocycles. The molecule has 4 nitrogen and oxygen atoms in total. The van der Waals surface area contributed by atoms with E-state index in [4.69, 9.17) is 5.11 Å². The first-order valence-corrected chi connectivity index (χ1v) is 6.23. The quantitative estimate of drug-likeness (QED) is 0.727. The molecule has 0 unspecified atom stereocenters. The van der Waals surface area contributed by atoms with Crippen LogP contribution >= 0.6 is 0 Å². The van der Waals surface area contributed by atoms with E-state index in [1.165, 1.54) is 16.5 Å². The molecule has 0 radical (unpaired) electrons. The Hall–Kier alpha value is -2.49. The van der Waals surface area contributed by atoms with Crippen molar-refractivity contribution in [2.75, 3.05) is 6.54 Å². The van der Waals surface area contributed by atoms with Crippen LogP contribution in [0.5, 0.6) is 0 Å². The molecule has 1 aromatic heterocycles. The fraction of sp³-hybridized carbons (Fsp3) is 0.133. The highest BCUT2D eigenvalue weighted by Crippen LogP contribution is 2.36. The Morgan fingerprint density at radius 1 is 1.32 bits per heavy atom. The van der Waals surface area contributed by atoms with Crippen molar-refractivity contribution in [3.63, 3.8) is 0 Å². The van der Waals surface area contributed by atoms with Gasteiger partial charge in [-0.3, -0.25) is 0 Å². The van der Waals surface area contributed by atoms with Crippen molar-refractivity contribution in [1.29, 1.82) is 0 Å². The number of benzene rings is 1. The Morgan fingerprint density at radius 2 is 2.21 bits per heavy atom. The number of nitrogens with one attached hydrogen (secondary N) is 2. The highest BCUT2D eigenvalue weighted by atomic mass is 16.4. The second kappa shape index (κ2) is 3.51. The number of hydrogen-bond donors (Lipinski definition) is 3. The molecule has 1 aromatic carbocycles. The zero-order valence-corrected chi connectivity index (χ0v) is 10.2. The number of fused-ring (bicyclic) bond motifs is 3. The van der Waals surface area contributed by atoms with Crippen molar-refractivity contribution in [2.45, 2.75) is 6.42 Å². The largest absolute Gasteiger partial charge is 0.478 e. The number of carboxylic acids is 1. The molecule has 94 valence electrons. The summed E-state index contributed by atoms with van der Waals surface area (Å²) in [6, 6.07) is 6.37. The average Bonchev–Trinajstić information content (AvgIpc) is 2.97. The van der Waals surface area contributed by atoms with E-state index in [2.05, 4.69) is 28.5 Å². The summed E-state index contributed by atoms with van der Waals surface area (Å²) >= 11 is 0. The minimum absolute atomic E-state index is 0.388. The van der Waals surface area contributed by atoms with E-state index >= 15 is 0 Å². The van der Waals surface area contributed by atoms with Gasteiger partial charge in [-0.25, -0.2) is 4.79 Å². The summed E-state index contributed by atoms with van der Waals surface area (Å²) in [5.74, 6) is -0.845. The topological polar surface area (TPSA) is 65.1 Å². The van der Waals surface area contributed by atoms with Crippen molar-refractivity contribution in [3.05, 3.63) is 52.7 Å². The zero-order chi connectivity index (χ0) is 13.0. The Morgan fingerprint density at radius 3 is 3.05 bits per heavy atom. The first-order valence-electron chi connectivity index (χ1n) is 6.23. The van der Waals surface area contributed by atoms with E-state index in [-0.39, 0.29) is 0 Å². The molecule has 3 N–H and O–H groups in total. The van der Waals surface area contributed by atoms with Gasteiger partial charge in [-0.15, -0.1) is 0 Å². The number of aromatic nitrogens is 1. The van der Waals surface area contributed by atoms with Crippen LogP contribution in [-0.4, -0.2) is 22.6 Å². The maximum absolute atomic E-state index is 11.0. The van der Waals surface area contributed by atoms with Crippen molar-refractivity contribution in [1.82, 2.24) is 10.3 Å². The van der Waals surface area contributed by atoms with Gasteiger partial charge in [-0.05, 0) is 35.4 Å². The van der Waals surface area contributed by atoms with Crippen LogP contribution in [0.25, 0.3) is 16.6 Å². The lowest BCUT2D eigenvalue weighted by Gasteiger charge is -2.16. The number of rotatable bonds is 1. The number of allylic oxidation sites excluding steroid dienone is 2. The highest BCUT2D eigenvalue weighted by Gasteiger charge is 2.25. The third-order valence-corrected chi connectivity index (χ3v) is 3.83. The van der Waals surface area contributed by atoms with Crippen molar-refractivity contribution in [3.8, 4) is 0 Å². The number of H-pyrrole nitrogens is 1. The fourth-order valence-electron chi connectivity index (χ4n) is 2.91. The van der Waals surface area contributed by atoms with Gasteiger partial charge in [0.1, 0.15) is 0 Å². The van der Waals surface area contributed by atoms with Gasteiger partial charge in [-0.2, -0.15) is 0 Å². The van der Waals surface area contributed by atoms with Crippen LogP contribution in [0.3, 0.4) is 0 Å². The average molecular weight is 252 g/mol. The third-order valence-electron chi connectivity index (χ3n) is 3.83. The van der Waals surface area contributed by atoms with Crippen molar-refractivity contribution in [2.24, 2.45) is 0 Å². The minimum atomic E-state index is -0.845. The fourth-order valence-corrected chi connectivity index (χ4v) is 2.91. The van der Waals surface area contributed by atoms with Gasteiger partial charge in [0, 0.05) is 41.3 Å². The lowest BCUT2D eigenvalue weighted by atomic mass is 10.1. The normalized spacial score (nSPS) is 16.9. The molecule has 19 heavy (non-hydrogen) atoms. The van der Waals surface area contributed by atoms with Crippen LogP contribution in [0.15, 0.2) is 41.6 Å². The molecule has 2 heterocycles. The van der Waals surface area contributed by atoms with E-state index in [1.54, 1.807) is 0 Å². The second-order valence-corrected chi connectivity index (χ2v) is 4.98. The number of aliphatic carboxylic acids is 1. The molecule has 0 saturated heterocycles. The molecule has 0 spiro atoms. The minimum Gasteiger partial charge on any atom is -0.478 e. The van der Waals surface area contributed by atoms with Crippen molar-refractivity contribution < 1.29 is 9.90 Å². The van der Waals surface area contributed by atoms with Crippen LogP contribution in [-0.2, 0) is 11.2 Å². The lowest BCUT2D eigenvalue weighted by molar-refractivity contribution is -0.132. The molecule has 1 aliphatic heterocycles. The van der Waals surface area contributed by atoms with Gasteiger partial charge in [0.2, 0.25) is 0 Å². The van der Waals surface area contributed by atoms with E-state index in [1.807, 2.05) is 12.3 Å².